The monoisotopic (exact) mass is 341 g/mol. The SMILES string of the molecule is NO.O=C(O)c1sc2c([N+](=O)[O-])cc(C(F)(F)F)cc2[n+]1[O-]. The summed E-state index contributed by atoms with van der Waals surface area (Å²) in [5, 5.41) is 36.7. The molecule has 1 heterocycles. The molecule has 0 aliphatic carbocycles. The third-order valence-electron chi connectivity index (χ3n) is 2.36. The Bertz CT molecular complexity index is 744. The maximum Gasteiger partial charge on any atom is 0.416 e. The van der Waals surface area contributed by atoms with Crippen molar-refractivity contribution in [2.24, 2.45) is 5.90 Å². The second-order valence-electron chi connectivity index (χ2n) is 3.61. The van der Waals surface area contributed by atoms with Crippen LogP contribution < -0.4 is 10.6 Å². The van der Waals surface area contributed by atoms with Gasteiger partial charge in [0.2, 0.25) is 5.52 Å². The normalized spacial score (nSPS) is 11.0. The van der Waals surface area contributed by atoms with Crippen molar-refractivity contribution in [2.45, 2.75) is 6.18 Å². The molecule has 9 nitrogen and oxygen atoms in total. The highest BCUT2D eigenvalue weighted by molar-refractivity contribution is 7.20. The lowest BCUT2D eigenvalue weighted by molar-refractivity contribution is -0.575. The topological polar surface area (TPSA) is 154 Å². The summed E-state index contributed by atoms with van der Waals surface area (Å²) in [6.45, 7) is 0. The first-order valence-corrected chi connectivity index (χ1v) is 5.85. The van der Waals surface area contributed by atoms with Crippen molar-refractivity contribution in [2.75, 3.05) is 0 Å². The summed E-state index contributed by atoms with van der Waals surface area (Å²) in [6, 6.07) is 0.655. The molecule has 0 atom stereocenters. The summed E-state index contributed by atoms with van der Waals surface area (Å²) in [5.74, 6) is 1.82. The molecule has 0 bridgehead atoms. The Hall–Kier alpha value is -2.51. The minimum Gasteiger partial charge on any atom is -0.617 e. The van der Waals surface area contributed by atoms with Gasteiger partial charge in [-0.15, -0.1) is 4.73 Å². The summed E-state index contributed by atoms with van der Waals surface area (Å²) in [4.78, 5) is 20.4. The van der Waals surface area contributed by atoms with Crippen LogP contribution in [0.1, 0.15) is 15.4 Å². The Morgan fingerprint density at radius 1 is 1.36 bits per heavy atom. The lowest BCUT2D eigenvalue weighted by Gasteiger charge is -2.05. The van der Waals surface area contributed by atoms with Gasteiger partial charge < -0.3 is 15.5 Å². The summed E-state index contributed by atoms with van der Waals surface area (Å²) in [5.41, 5.74) is -3.05. The van der Waals surface area contributed by atoms with E-state index in [4.69, 9.17) is 10.3 Å². The number of nitrogens with zero attached hydrogens (tertiary/aromatic N) is 2. The predicted molar refractivity (Wildman–Crippen MR) is 65.4 cm³/mol. The number of rotatable bonds is 2. The van der Waals surface area contributed by atoms with Crippen LogP contribution in [0.2, 0.25) is 0 Å². The number of carbonyl (C=O) groups is 1. The molecule has 0 amide bonds. The highest BCUT2D eigenvalue weighted by Crippen LogP contribution is 2.37. The Balaban J connectivity index is 0.00000116. The third kappa shape index (κ3) is 3.05. The smallest absolute Gasteiger partial charge is 0.416 e. The van der Waals surface area contributed by atoms with Crippen LogP contribution in [-0.4, -0.2) is 21.2 Å². The molecular formula is C9H6F3N3O6S. The quantitative estimate of drug-likeness (QED) is 0.323. The van der Waals surface area contributed by atoms with Gasteiger partial charge >= 0.3 is 17.2 Å². The molecule has 22 heavy (non-hydrogen) atoms. The zero-order valence-electron chi connectivity index (χ0n) is 10.2. The van der Waals surface area contributed by atoms with Gasteiger partial charge in [-0.1, -0.05) is 0 Å². The summed E-state index contributed by atoms with van der Waals surface area (Å²) < 4.78 is 37.1. The molecular weight excluding hydrogens is 335 g/mol. The number of hydrogen-bond acceptors (Lipinski definition) is 7. The second-order valence-corrected chi connectivity index (χ2v) is 4.60. The number of aromatic carboxylic acids is 1. The number of nitro benzene ring substituents is 1. The van der Waals surface area contributed by atoms with Crippen LogP contribution in [-0.2, 0) is 6.18 Å². The van der Waals surface area contributed by atoms with Crippen LogP contribution in [0.15, 0.2) is 12.1 Å². The number of non-ortho nitro benzene ring substituents is 1. The van der Waals surface area contributed by atoms with Gasteiger partial charge in [-0.3, -0.25) is 10.1 Å². The van der Waals surface area contributed by atoms with Gasteiger partial charge in [0, 0.05) is 12.1 Å². The van der Waals surface area contributed by atoms with E-state index in [0.717, 1.165) is 0 Å². The number of carboxylic acids is 1. The molecule has 13 heteroatoms. The molecule has 1 aromatic heterocycles. The van der Waals surface area contributed by atoms with Gasteiger partial charge in [-0.25, -0.2) is 10.7 Å². The molecule has 1 aromatic carbocycles. The van der Waals surface area contributed by atoms with E-state index in [1.54, 1.807) is 0 Å². The molecule has 0 unspecified atom stereocenters. The first kappa shape index (κ1) is 17.5. The molecule has 0 aliphatic rings. The Morgan fingerprint density at radius 3 is 2.32 bits per heavy atom. The molecule has 0 saturated heterocycles. The van der Waals surface area contributed by atoms with Crippen LogP contribution in [0.5, 0.6) is 0 Å². The Labute approximate surface area is 122 Å². The number of benzene rings is 1. The van der Waals surface area contributed by atoms with E-state index in [9.17, 15) is 33.3 Å². The van der Waals surface area contributed by atoms with Crippen LogP contribution in [0.3, 0.4) is 0 Å². The maximum atomic E-state index is 12.6. The molecule has 4 N–H and O–H groups in total. The number of carboxylic acid groups (broad SMARTS) is 1. The number of alkyl halides is 3. The van der Waals surface area contributed by atoms with Gasteiger partial charge in [0.05, 0.1) is 10.5 Å². The first-order valence-electron chi connectivity index (χ1n) is 5.03. The summed E-state index contributed by atoms with van der Waals surface area (Å²) >= 11 is 0.248. The van der Waals surface area contributed by atoms with Gasteiger partial charge in [0.1, 0.15) is 0 Å². The standard InChI is InChI=1S/C9H3F3N2O5S.H3NO/c10-9(11,12)3-1-4-6(5(2-3)14(18)19)20-7(8(15)16)13(4)17;1-2/h1-2H,(H,15,16);2H,1H2. The van der Waals surface area contributed by atoms with Crippen LogP contribution in [0.4, 0.5) is 18.9 Å². The number of nitrogens with two attached hydrogens (primary N) is 1. The lowest BCUT2D eigenvalue weighted by atomic mass is 10.2. The lowest BCUT2D eigenvalue weighted by Crippen LogP contribution is -2.31. The number of hydrogen-bond donors (Lipinski definition) is 3. The van der Waals surface area contributed by atoms with Gasteiger partial charge in [0.25, 0.3) is 5.69 Å². The van der Waals surface area contributed by atoms with E-state index < -0.39 is 43.5 Å². The minimum absolute atomic E-state index is 0.248. The van der Waals surface area contributed by atoms with Gasteiger partial charge in [-0.2, -0.15) is 13.2 Å². The van der Waals surface area contributed by atoms with Crippen molar-refractivity contribution in [3.05, 3.63) is 38.0 Å². The zero-order valence-corrected chi connectivity index (χ0v) is 11.0. The van der Waals surface area contributed by atoms with E-state index in [2.05, 4.69) is 5.90 Å². The fraction of sp³-hybridized carbons (Fsp3) is 0.111. The van der Waals surface area contributed by atoms with Crippen LogP contribution in [0, 0.1) is 15.3 Å². The van der Waals surface area contributed by atoms with E-state index in [1.807, 2.05) is 0 Å². The molecule has 120 valence electrons. The molecule has 2 aromatic rings. The van der Waals surface area contributed by atoms with E-state index >= 15 is 0 Å². The Kier molecular flexibility index (Phi) is 4.85. The van der Waals surface area contributed by atoms with Crippen molar-refractivity contribution < 1.29 is 37.9 Å². The largest absolute Gasteiger partial charge is 0.617 e. The van der Waals surface area contributed by atoms with Crippen LogP contribution >= 0.6 is 11.3 Å². The highest BCUT2D eigenvalue weighted by atomic mass is 32.1. The fourth-order valence-corrected chi connectivity index (χ4v) is 2.48. The number of halogens is 3. The average molecular weight is 341 g/mol. The molecule has 0 fully saturated rings. The molecule has 0 radical (unpaired) electrons. The zero-order chi connectivity index (χ0) is 17.2. The van der Waals surface area contributed by atoms with E-state index in [0.29, 0.717) is 6.07 Å². The van der Waals surface area contributed by atoms with Crippen LogP contribution in [0.25, 0.3) is 10.2 Å². The van der Waals surface area contributed by atoms with E-state index in [1.165, 1.54) is 0 Å². The Morgan fingerprint density at radius 2 is 1.91 bits per heavy atom. The van der Waals surface area contributed by atoms with Crippen molar-refractivity contribution in [1.82, 2.24) is 0 Å². The van der Waals surface area contributed by atoms with Crippen molar-refractivity contribution >= 4 is 33.2 Å². The molecule has 2 rings (SSSR count). The highest BCUT2D eigenvalue weighted by Gasteiger charge is 2.37. The molecule has 0 aliphatic heterocycles. The third-order valence-corrected chi connectivity index (χ3v) is 3.51. The maximum absolute atomic E-state index is 12.6. The van der Waals surface area contributed by atoms with Gasteiger partial charge in [0.15, 0.2) is 4.70 Å². The minimum atomic E-state index is -4.89. The number of fused-ring (bicyclic) bond motifs is 1. The summed E-state index contributed by atoms with van der Waals surface area (Å²) in [7, 11) is 0. The number of aromatic nitrogens is 1. The average Bonchev–Trinajstić information content (AvgIpc) is 2.76. The van der Waals surface area contributed by atoms with E-state index in [-0.39, 0.29) is 22.1 Å². The second kappa shape index (κ2) is 6.08. The van der Waals surface area contributed by atoms with Crippen molar-refractivity contribution in [3.8, 4) is 0 Å². The fourth-order valence-electron chi connectivity index (χ4n) is 1.53. The predicted octanol–water partition coefficient (Wildman–Crippen LogP) is 1.49. The molecule has 0 spiro atoms. The summed E-state index contributed by atoms with van der Waals surface area (Å²) in [6.07, 6.45) is -4.89. The number of thiazole rings is 1. The first-order chi connectivity index (χ1) is 10.1. The molecule has 0 saturated carbocycles. The van der Waals surface area contributed by atoms with Crippen molar-refractivity contribution in [3.63, 3.8) is 0 Å². The van der Waals surface area contributed by atoms with Gasteiger partial charge in [-0.05, 0) is 11.3 Å². The van der Waals surface area contributed by atoms with Crippen molar-refractivity contribution in [1.29, 1.82) is 0 Å². The number of nitro groups is 1.